The molecule has 17 heavy (non-hydrogen) atoms. The van der Waals surface area contributed by atoms with Gasteiger partial charge in [-0.1, -0.05) is 0 Å². The minimum absolute atomic E-state index is 0. The smallest absolute Gasteiger partial charge is 0.0764 e. The van der Waals surface area contributed by atoms with E-state index in [0.29, 0.717) is 12.1 Å². The number of piperidine rings is 1. The maximum Gasteiger partial charge on any atom is 0.0764 e. The molecule has 2 N–H and O–H groups in total. The summed E-state index contributed by atoms with van der Waals surface area (Å²) in [6, 6.07) is 2.90. The monoisotopic (exact) mass is 258 g/mol. The van der Waals surface area contributed by atoms with Crippen molar-refractivity contribution in [1.29, 1.82) is 0 Å². The van der Waals surface area contributed by atoms with E-state index in [0.717, 1.165) is 31.7 Å². The second-order valence-electron chi connectivity index (χ2n) is 5.02. The van der Waals surface area contributed by atoms with Crippen LogP contribution in [-0.4, -0.2) is 33.8 Å². The Hall–Kier alpha value is -0.580. The standard InChI is InChI=1S/C12H22N4.ClH/c1-10(2)16-7-5-12(14-16)9-15-6-3-4-11(13)8-15;/h5,7,10-11H,3-4,6,8-9,13H2,1-2H3;1H/t11-;/m1./s1. The van der Waals surface area contributed by atoms with Crippen molar-refractivity contribution in [2.45, 2.75) is 45.3 Å². The van der Waals surface area contributed by atoms with E-state index >= 15 is 0 Å². The molecular weight excluding hydrogens is 236 g/mol. The van der Waals surface area contributed by atoms with E-state index in [4.69, 9.17) is 5.73 Å². The van der Waals surface area contributed by atoms with E-state index in [9.17, 15) is 0 Å². The summed E-state index contributed by atoms with van der Waals surface area (Å²) in [5.41, 5.74) is 7.12. The van der Waals surface area contributed by atoms with Crippen LogP contribution in [0.3, 0.4) is 0 Å². The Morgan fingerprint density at radius 2 is 2.29 bits per heavy atom. The summed E-state index contributed by atoms with van der Waals surface area (Å²) < 4.78 is 2.01. The summed E-state index contributed by atoms with van der Waals surface area (Å²) in [4.78, 5) is 2.40. The summed E-state index contributed by atoms with van der Waals surface area (Å²) >= 11 is 0. The van der Waals surface area contributed by atoms with Crippen LogP contribution in [0.5, 0.6) is 0 Å². The summed E-state index contributed by atoms with van der Waals surface area (Å²) in [6.07, 6.45) is 4.44. The van der Waals surface area contributed by atoms with E-state index in [1.165, 1.54) is 6.42 Å². The van der Waals surface area contributed by atoms with Crippen LogP contribution in [0.4, 0.5) is 0 Å². The van der Waals surface area contributed by atoms with E-state index in [1.807, 2.05) is 4.68 Å². The molecule has 0 radical (unpaired) electrons. The lowest BCUT2D eigenvalue weighted by Crippen LogP contribution is -2.42. The van der Waals surface area contributed by atoms with E-state index < -0.39 is 0 Å². The predicted octanol–water partition coefficient (Wildman–Crippen LogP) is 1.81. The Morgan fingerprint density at radius 1 is 1.53 bits per heavy atom. The number of hydrogen-bond acceptors (Lipinski definition) is 3. The van der Waals surface area contributed by atoms with Gasteiger partial charge in [0.2, 0.25) is 0 Å². The number of likely N-dealkylation sites (tertiary alicyclic amines) is 1. The Kier molecular flexibility index (Phi) is 5.43. The van der Waals surface area contributed by atoms with Gasteiger partial charge in [-0.25, -0.2) is 0 Å². The molecule has 0 aromatic carbocycles. The lowest BCUT2D eigenvalue weighted by Gasteiger charge is -2.29. The van der Waals surface area contributed by atoms with Crippen LogP contribution in [0.15, 0.2) is 12.3 Å². The van der Waals surface area contributed by atoms with E-state index in [-0.39, 0.29) is 12.4 Å². The fourth-order valence-corrected chi connectivity index (χ4v) is 2.21. The minimum atomic E-state index is 0. The van der Waals surface area contributed by atoms with Gasteiger partial charge in [0.25, 0.3) is 0 Å². The van der Waals surface area contributed by atoms with Crippen molar-refractivity contribution in [1.82, 2.24) is 14.7 Å². The van der Waals surface area contributed by atoms with E-state index in [2.05, 4.69) is 36.1 Å². The van der Waals surface area contributed by atoms with Gasteiger partial charge in [0.1, 0.15) is 0 Å². The molecule has 0 bridgehead atoms. The molecule has 0 aliphatic carbocycles. The highest BCUT2D eigenvalue weighted by Crippen LogP contribution is 2.12. The molecule has 1 saturated heterocycles. The Labute approximate surface area is 110 Å². The summed E-state index contributed by atoms with van der Waals surface area (Å²) in [7, 11) is 0. The fourth-order valence-electron chi connectivity index (χ4n) is 2.21. The highest BCUT2D eigenvalue weighted by atomic mass is 35.5. The van der Waals surface area contributed by atoms with Crippen molar-refractivity contribution < 1.29 is 0 Å². The van der Waals surface area contributed by atoms with Crippen molar-refractivity contribution >= 4 is 12.4 Å². The highest BCUT2D eigenvalue weighted by Gasteiger charge is 2.17. The van der Waals surface area contributed by atoms with Crippen molar-refractivity contribution in [3.8, 4) is 0 Å². The first kappa shape index (κ1) is 14.5. The molecule has 0 amide bonds. The highest BCUT2D eigenvalue weighted by molar-refractivity contribution is 5.85. The van der Waals surface area contributed by atoms with E-state index in [1.54, 1.807) is 0 Å². The molecule has 1 aliphatic heterocycles. The van der Waals surface area contributed by atoms with Gasteiger partial charge in [0, 0.05) is 31.4 Å². The first-order chi connectivity index (χ1) is 7.65. The number of halogens is 1. The molecule has 0 unspecified atom stereocenters. The number of rotatable bonds is 3. The van der Waals surface area contributed by atoms with Crippen molar-refractivity contribution in [3.63, 3.8) is 0 Å². The summed E-state index contributed by atoms with van der Waals surface area (Å²) in [6.45, 7) is 7.39. The lowest BCUT2D eigenvalue weighted by atomic mass is 10.1. The van der Waals surface area contributed by atoms with Gasteiger partial charge in [0.15, 0.2) is 0 Å². The first-order valence-electron chi connectivity index (χ1n) is 6.17. The normalized spacial score (nSPS) is 21.5. The molecule has 4 nitrogen and oxygen atoms in total. The predicted molar refractivity (Wildman–Crippen MR) is 72.3 cm³/mol. The number of hydrogen-bond donors (Lipinski definition) is 1. The van der Waals surface area contributed by atoms with Gasteiger partial charge in [-0.05, 0) is 39.3 Å². The molecule has 1 fully saturated rings. The minimum Gasteiger partial charge on any atom is -0.327 e. The molecule has 0 spiro atoms. The SMILES string of the molecule is CC(C)n1ccc(CN2CCC[C@@H](N)C2)n1.Cl. The third kappa shape index (κ3) is 3.98. The van der Waals surface area contributed by atoms with Crippen LogP contribution < -0.4 is 5.73 Å². The number of nitrogens with two attached hydrogens (primary N) is 1. The van der Waals surface area contributed by atoms with Gasteiger partial charge in [-0.2, -0.15) is 5.10 Å². The van der Waals surface area contributed by atoms with Gasteiger partial charge in [0.05, 0.1) is 5.69 Å². The molecule has 1 atom stereocenters. The molecule has 1 aromatic rings. The second kappa shape index (κ2) is 6.38. The molecular formula is C12H23ClN4. The molecule has 1 aliphatic rings. The average molecular weight is 259 g/mol. The number of aromatic nitrogens is 2. The summed E-state index contributed by atoms with van der Waals surface area (Å²) in [5.74, 6) is 0. The maximum absolute atomic E-state index is 5.96. The van der Waals surface area contributed by atoms with Crippen molar-refractivity contribution in [2.75, 3.05) is 13.1 Å². The van der Waals surface area contributed by atoms with Crippen LogP contribution >= 0.6 is 12.4 Å². The lowest BCUT2D eigenvalue weighted by molar-refractivity contribution is 0.199. The van der Waals surface area contributed by atoms with Gasteiger partial charge in [-0.15, -0.1) is 12.4 Å². The molecule has 2 rings (SSSR count). The molecule has 2 heterocycles. The summed E-state index contributed by atoms with van der Waals surface area (Å²) in [5, 5.41) is 4.56. The Morgan fingerprint density at radius 3 is 2.88 bits per heavy atom. The topological polar surface area (TPSA) is 47.1 Å². The van der Waals surface area contributed by atoms with Crippen molar-refractivity contribution in [2.24, 2.45) is 5.73 Å². The van der Waals surface area contributed by atoms with Crippen molar-refractivity contribution in [3.05, 3.63) is 18.0 Å². The van der Waals surface area contributed by atoms with Gasteiger partial charge >= 0.3 is 0 Å². The van der Waals surface area contributed by atoms with Gasteiger partial charge < -0.3 is 5.73 Å². The zero-order valence-corrected chi connectivity index (χ0v) is 11.5. The maximum atomic E-state index is 5.96. The molecule has 98 valence electrons. The molecule has 1 aromatic heterocycles. The first-order valence-corrected chi connectivity index (χ1v) is 6.17. The average Bonchev–Trinajstić information content (AvgIpc) is 2.66. The number of nitrogens with zero attached hydrogens (tertiary/aromatic N) is 3. The van der Waals surface area contributed by atoms with Crippen LogP contribution in [-0.2, 0) is 6.54 Å². The Bertz CT molecular complexity index is 337. The van der Waals surface area contributed by atoms with Crippen LogP contribution in [0.1, 0.15) is 38.4 Å². The van der Waals surface area contributed by atoms with Crippen LogP contribution in [0.2, 0.25) is 0 Å². The third-order valence-electron chi connectivity index (χ3n) is 3.12. The fraction of sp³-hybridized carbons (Fsp3) is 0.750. The zero-order valence-electron chi connectivity index (χ0n) is 10.7. The second-order valence-corrected chi connectivity index (χ2v) is 5.02. The quantitative estimate of drug-likeness (QED) is 0.900. The van der Waals surface area contributed by atoms with Gasteiger partial charge in [-0.3, -0.25) is 9.58 Å². The Balaban J connectivity index is 0.00000144. The largest absolute Gasteiger partial charge is 0.327 e. The molecule has 0 saturated carbocycles. The molecule has 5 heteroatoms. The van der Waals surface area contributed by atoms with Crippen LogP contribution in [0, 0.1) is 0 Å². The third-order valence-corrected chi connectivity index (χ3v) is 3.12. The zero-order chi connectivity index (χ0) is 11.5. The van der Waals surface area contributed by atoms with Crippen LogP contribution in [0.25, 0.3) is 0 Å².